The molecule has 2 aromatic carbocycles. The minimum atomic E-state index is -0.809. The number of esters is 1. The molecule has 1 fully saturated rings. The number of rotatable bonds is 8. The number of hydrogen-bond acceptors (Lipinski definition) is 7. The third kappa shape index (κ3) is 5.81. The van der Waals surface area contributed by atoms with Gasteiger partial charge in [-0.15, -0.1) is 0 Å². The van der Waals surface area contributed by atoms with Gasteiger partial charge in [0.05, 0.1) is 43.0 Å². The number of methoxy groups -OCH3 is 2. The number of carbonyl (C=O) groups excluding carboxylic acids is 3. The molecule has 0 saturated carbocycles. The van der Waals surface area contributed by atoms with Gasteiger partial charge in [0, 0.05) is 51.0 Å². The van der Waals surface area contributed by atoms with Crippen molar-refractivity contribution < 1.29 is 28.6 Å². The molecule has 39 heavy (non-hydrogen) atoms. The van der Waals surface area contributed by atoms with Crippen LogP contribution in [-0.2, 0) is 9.53 Å². The predicted octanol–water partition coefficient (Wildman–Crippen LogP) is 3.33. The van der Waals surface area contributed by atoms with Crippen LogP contribution in [-0.4, -0.2) is 93.2 Å². The molecule has 0 spiro atoms. The van der Waals surface area contributed by atoms with Gasteiger partial charge in [0.25, 0.3) is 5.91 Å². The van der Waals surface area contributed by atoms with Gasteiger partial charge in [-0.25, -0.2) is 9.59 Å². The molecule has 4 rings (SSSR count). The molecule has 1 atom stereocenters. The summed E-state index contributed by atoms with van der Waals surface area (Å²) in [6.45, 7) is 4.30. The second-order valence-electron chi connectivity index (χ2n) is 9.15. The monoisotopic (exact) mass is 556 g/mol. The van der Waals surface area contributed by atoms with Gasteiger partial charge < -0.3 is 24.4 Å². The summed E-state index contributed by atoms with van der Waals surface area (Å²) in [5.74, 6) is 0.253. The molecule has 1 saturated heterocycles. The number of benzene rings is 2. The molecule has 2 aromatic rings. The fourth-order valence-corrected chi connectivity index (χ4v) is 5.11. The van der Waals surface area contributed by atoms with Crippen molar-refractivity contribution in [2.45, 2.75) is 13.0 Å². The second-order valence-corrected chi connectivity index (χ2v) is 9.56. The first kappa shape index (κ1) is 28.3. The fourth-order valence-electron chi connectivity index (χ4n) is 4.90. The Kier molecular flexibility index (Phi) is 8.98. The molecule has 0 radical (unpaired) electrons. The Morgan fingerprint density at radius 2 is 1.74 bits per heavy atom. The van der Waals surface area contributed by atoms with Gasteiger partial charge in [0.1, 0.15) is 0 Å². The highest BCUT2D eigenvalue weighted by molar-refractivity contribution is 6.33. The van der Waals surface area contributed by atoms with Gasteiger partial charge >= 0.3 is 12.0 Å². The zero-order valence-corrected chi connectivity index (χ0v) is 23.3. The van der Waals surface area contributed by atoms with Crippen molar-refractivity contribution >= 4 is 29.5 Å². The number of urea groups is 1. The van der Waals surface area contributed by atoms with Crippen LogP contribution in [0, 0.1) is 0 Å². The average Bonchev–Trinajstić information content (AvgIpc) is 2.95. The van der Waals surface area contributed by atoms with Crippen molar-refractivity contribution in [2.24, 2.45) is 0 Å². The van der Waals surface area contributed by atoms with E-state index in [0.717, 1.165) is 0 Å². The topological polar surface area (TPSA) is 101 Å². The number of para-hydroxylation sites is 1. The summed E-state index contributed by atoms with van der Waals surface area (Å²) < 4.78 is 16.5. The van der Waals surface area contributed by atoms with E-state index in [9.17, 15) is 14.4 Å². The number of likely N-dealkylation sites (N-methyl/N-ethyl adjacent to an activating group) is 1. The fraction of sp³-hybridized carbons (Fsp3) is 0.393. The van der Waals surface area contributed by atoms with E-state index in [1.54, 1.807) is 61.3 Å². The Bertz CT molecular complexity index is 1270. The molecule has 3 amide bonds. The van der Waals surface area contributed by atoms with Crippen molar-refractivity contribution in [3.05, 3.63) is 69.9 Å². The quantitative estimate of drug-likeness (QED) is 0.498. The maximum atomic E-state index is 13.4. The van der Waals surface area contributed by atoms with Crippen molar-refractivity contribution in [2.75, 3.05) is 60.6 Å². The lowest BCUT2D eigenvalue weighted by Crippen LogP contribution is -2.53. The van der Waals surface area contributed by atoms with Gasteiger partial charge in [-0.2, -0.15) is 0 Å². The van der Waals surface area contributed by atoms with E-state index < -0.39 is 12.0 Å². The van der Waals surface area contributed by atoms with Crippen molar-refractivity contribution in [1.82, 2.24) is 20.0 Å². The summed E-state index contributed by atoms with van der Waals surface area (Å²) in [6.07, 6.45) is 0. The number of nitrogens with one attached hydrogen (secondary N) is 1. The normalized spacial score (nSPS) is 18.1. The summed E-state index contributed by atoms with van der Waals surface area (Å²) >= 11 is 6.23. The number of halogens is 1. The summed E-state index contributed by atoms with van der Waals surface area (Å²) in [4.78, 5) is 44.8. The smallest absolute Gasteiger partial charge is 0.338 e. The molecule has 0 aliphatic carbocycles. The molecule has 2 aliphatic rings. The molecule has 10 nitrogen and oxygen atoms in total. The van der Waals surface area contributed by atoms with E-state index in [2.05, 4.69) is 10.2 Å². The van der Waals surface area contributed by atoms with E-state index in [-0.39, 0.29) is 18.5 Å². The summed E-state index contributed by atoms with van der Waals surface area (Å²) in [5.41, 5.74) is 1.89. The van der Waals surface area contributed by atoms with Crippen molar-refractivity contribution in [3.63, 3.8) is 0 Å². The molecule has 11 heteroatoms. The van der Waals surface area contributed by atoms with Gasteiger partial charge in [0.15, 0.2) is 11.5 Å². The zero-order valence-electron chi connectivity index (χ0n) is 22.5. The van der Waals surface area contributed by atoms with Crippen molar-refractivity contribution in [1.29, 1.82) is 0 Å². The van der Waals surface area contributed by atoms with Crippen molar-refractivity contribution in [3.8, 4) is 11.5 Å². The molecule has 0 bridgehead atoms. The first-order valence-corrected chi connectivity index (χ1v) is 13.1. The number of hydrogen-bond donors (Lipinski definition) is 1. The third-order valence-corrected chi connectivity index (χ3v) is 7.28. The largest absolute Gasteiger partial charge is 0.493 e. The lowest BCUT2D eigenvalue weighted by atomic mass is 9.93. The number of amides is 3. The summed E-state index contributed by atoms with van der Waals surface area (Å²) in [6, 6.07) is 11.1. The van der Waals surface area contributed by atoms with Crippen LogP contribution in [0.2, 0.25) is 5.02 Å². The highest BCUT2D eigenvalue weighted by Gasteiger charge is 2.39. The molecule has 2 heterocycles. The molecule has 2 aliphatic heterocycles. The number of piperazine rings is 1. The van der Waals surface area contributed by atoms with E-state index in [0.29, 0.717) is 71.6 Å². The van der Waals surface area contributed by atoms with Gasteiger partial charge in [0.2, 0.25) is 0 Å². The molecule has 0 unspecified atom stereocenters. The average molecular weight is 557 g/mol. The first-order valence-electron chi connectivity index (χ1n) is 12.7. The van der Waals surface area contributed by atoms with Crippen LogP contribution in [0.1, 0.15) is 28.9 Å². The van der Waals surface area contributed by atoms with Crippen LogP contribution in [0.4, 0.5) is 4.79 Å². The Morgan fingerprint density at radius 3 is 2.38 bits per heavy atom. The van der Waals surface area contributed by atoms with Crippen LogP contribution >= 0.6 is 11.6 Å². The Balaban J connectivity index is 1.63. The first-order chi connectivity index (χ1) is 18.8. The molecule has 0 aromatic heterocycles. The van der Waals surface area contributed by atoms with E-state index in [4.69, 9.17) is 25.8 Å². The summed E-state index contributed by atoms with van der Waals surface area (Å²) in [7, 11) is 4.66. The lowest BCUT2D eigenvalue weighted by Gasteiger charge is -2.39. The SMILES string of the molecule is CCOC(=O)C1=C(CN2CCN(C(=O)c3ccccc3Cl)CC2)N(C)C(=O)N[C@H]1c1cccc(OC)c1OC. The van der Waals surface area contributed by atoms with Crippen LogP contribution < -0.4 is 14.8 Å². The molecular weight excluding hydrogens is 524 g/mol. The van der Waals surface area contributed by atoms with Crippen LogP contribution in [0.25, 0.3) is 0 Å². The molecule has 208 valence electrons. The van der Waals surface area contributed by atoms with Crippen LogP contribution in [0.15, 0.2) is 53.7 Å². The maximum Gasteiger partial charge on any atom is 0.338 e. The number of ether oxygens (including phenoxy) is 3. The lowest BCUT2D eigenvalue weighted by molar-refractivity contribution is -0.139. The second kappa shape index (κ2) is 12.4. The standard InChI is InChI=1S/C28H33ClN4O6/c1-5-39-27(35)23-21(17-32-13-15-33(16-14-32)26(34)18-9-6-7-11-20(18)29)31(2)28(36)30-24(23)19-10-8-12-22(37-3)25(19)38-4/h6-12,24H,5,13-17H2,1-4H3,(H,30,36)/t24-/m0/s1. The minimum Gasteiger partial charge on any atom is -0.493 e. The van der Waals surface area contributed by atoms with Gasteiger partial charge in [-0.3, -0.25) is 14.6 Å². The van der Waals surface area contributed by atoms with Crippen LogP contribution in [0.3, 0.4) is 0 Å². The zero-order chi connectivity index (χ0) is 28.1. The van der Waals surface area contributed by atoms with E-state index in [1.165, 1.54) is 19.1 Å². The number of carbonyl (C=O) groups is 3. The Hall–Kier alpha value is -3.76. The van der Waals surface area contributed by atoms with E-state index in [1.807, 2.05) is 0 Å². The highest BCUT2D eigenvalue weighted by atomic mass is 35.5. The molecule has 1 N–H and O–H groups in total. The minimum absolute atomic E-state index is 0.119. The third-order valence-electron chi connectivity index (χ3n) is 6.95. The van der Waals surface area contributed by atoms with Gasteiger partial charge in [-0.1, -0.05) is 35.9 Å². The van der Waals surface area contributed by atoms with Crippen LogP contribution in [0.5, 0.6) is 11.5 Å². The Labute approximate surface area is 233 Å². The Morgan fingerprint density at radius 1 is 1.03 bits per heavy atom. The van der Waals surface area contributed by atoms with Gasteiger partial charge in [-0.05, 0) is 25.1 Å². The molecular formula is C28H33ClN4O6. The maximum absolute atomic E-state index is 13.4. The number of nitrogens with zero attached hydrogens (tertiary/aromatic N) is 3. The van der Waals surface area contributed by atoms with E-state index >= 15 is 0 Å². The predicted molar refractivity (Wildman–Crippen MR) is 146 cm³/mol. The summed E-state index contributed by atoms with van der Waals surface area (Å²) in [5, 5.41) is 3.34. The highest BCUT2D eigenvalue weighted by Crippen LogP contribution is 2.40.